The minimum absolute atomic E-state index is 0.159. The van der Waals surface area contributed by atoms with Gasteiger partial charge in [-0.1, -0.05) is 0 Å². The molecule has 0 bridgehead atoms. The molecule has 0 aromatic rings. The highest BCUT2D eigenvalue weighted by Gasteiger charge is 2.55. The van der Waals surface area contributed by atoms with Gasteiger partial charge in [0.15, 0.2) is 6.29 Å². The van der Waals surface area contributed by atoms with Crippen LogP contribution in [0.25, 0.3) is 0 Å². The van der Waals surface area contributed by atoms with E-state index >= 15 is 0 Å². The summed E-state index contributed by atoms with van der Waals surface area (Å²) in [7, 11) is 0. The molecule has 2 rings (SSSR count). The summed E-state index contributed by atoms with van der Waals surface area (Å²) in [4.78, 5) is 0. The molecule has 2 aliphatic heterocycles. The van der Waals surface area contributed by atoms with Crippen LogP contribution < -0.4 is 0 Å². The zero-order valence-corrected chi connectivity index (χ0v) is 11.7. The van der Waals surface area contributed by atoms with Crippen molar-refractivity contribution in [3.8, 4) is 0 Å². The monoisotopic (exact) mass is 326 g/mol. The maximum Gasteiger partial charge on any atom is 0.221 e. The molecule has 10 heteroatoms. The van der Waals surface area contributed by atoms with Gasteiger partial charge >= 0.3 is 0 Å². The van der Waals surface area contributed by atoms with Crippen molar-refractivity contribution >= 4 is 0 Å². The highest BCUT2D eigenvalue weighted by Crippen LogP contribution is 2.33. The Balaban J connectivity index is 2.02. The number of aliphatic hydroxyl groups excluding tert-OH is 7. The van der Waals surface area contributed by atoms with Crippen molar-refractivity contribution in [2.24, 2.45) is 0 Å². The molecule has 0 aromatic heterocycles. The van der Waals surface area contributed by atoms with Crippen molar-refractivity contribution in [2.45, 2.75) is 55.1 Å². The molecular formula is C12H22O10. The van der Waals surface area contributed by atoms with E-state index in [1.54, 1.807) is 0 Å². The van der Waals surface area contributed by atoms with Crippen LogP contribution in [-0.2, 0) is 14.2 Å². The maximum absolute atomic E-state index is 9.94. The van der Waals surface area contributed by atoms with Gasteiger partial charge in [-0.3, -0.25) is 0 Å². The van der Waals surface area contributed by atoms with Crippen LogP contribution in [0.15, 0.2) is 0 Å². The van der Waals surface area contributed by atoms with E-state index in [2.05, 4.69) is 0 Å². The van der Waals surface area contributed by atoms with E-state index in [1.807, 2.05) is 0 Å². The number of ether oxygens (including phenoxy) is 3. The smallest absolute Gasteiger partial charge is 0.221 e. The first-order valence-corrected chi connectivity index (χ1v) is 6.94. The fourth-order valence-corrected chi connectivity index (χ4v) is 2.59. The van der Waals surface area contributed by atoms with Gasteiger partial charge < -0.3 is 50.0 Å². The van der Waals surface area contributed by atoms with E-state index in [1.165, 1.54) is 0 Å². The van der Waals surface area contributed by atoms with E-state index in [9.17, 15) is 30.6 Å². The predicted molar refractivity (Wildman–Crippen MR) is 67.3 cm³/mol. The van der Waals surface area contributed by atoms with Gasteiger partial charge in [0.2, 0.25) is 5.79 Å². The molecule has 2 fully saturated rings. The van der Waals surface area contributed by atoms with Gasteiger partial charge in [0.25, 0.3) is 0 Å². The molecule has 0 spiro atoms. The molecule has 0 aromatic carbocycles. The summed E-state index contributed by atoms with van der Waals surface area (Å²) < 4.78 is 15.5. The highest BCUT2D eigenvalue weighted by atomic mass is 16.7. The molecule has 22 heavy (non-hydrogen) atoms. The fourth-order valence-electron chi connectivity index (χ4n) is 2.59. The van der Waals surface area contributed by atoms with Crippen molar-refractivity contribution in [3.05, 3.63) is 0 Å². The van der Waals surface area contributed by atoms with Gasteiger partial charge in [0, 0.05) is 6.42 Å². The first-order chi connectivity index (χ1) is 10.3. The lowest BCUT2D eigenvalue weighted by Crippen LogP contribution is -2.54. The van der Waals surface area contributed by atoms with Crippen LogP contribution in [-0.4, -0.2) is 104 Å². The molecule has 0 amide bonds. The normalized spacial score (nSPS) is 49.5. The lowest BCUT2D eigenvalue weighted by molar-refractivity contribution is -0.306. The zero-order valence-electron chi connectivity index (χ0n) is 11.7. The van der Waals surface area contributed by atoms with E-state index in [0.29, 0.717) is 0 Å². The molecule has 8 atom stereocenters. The minimum Gasteiger partial charge on any atom is -0.394 e. The summed E-state index contributed by atoms with van der Waals surface area (Å²) in [6, 6.07) is 0. The maximum atomic E-state index is 9.94. The molecule has 10 nitrogen and oxygen atoms in total. The van der Waals surface area contributed by atoms with Crippen LogP contribution >= 0.6 is 0 Å². The van der Waals surface area contributed by atoms with E-state index < -0.39 is 68.5 Å². The molecule has 0 aliphatic carbocycles. The summed E-state index contributed by atoms with van der Waals surface area (Å²) in [6.45, 7) is -1.85. The van der Waals surface area contributed by atoms with Crippen LogP contribution in [0.3, 0.4) is 0 Å². The van der Waals surface area contributed by atoms with Crippen molar-refractivity contribution in [3.63, 3.8) is 0 Å². The van der Waals surface area contributed by atoms with Crippen LogP contribution in [0.5, 0.6) is 0 Å². The van der Waals surface area contributed by atoms with Gasteiger partial charge in [0.1, 0.15) is 37.1 Å². The fraction of sp³-hybridized carbons (Fsp3) is 1.00. The predicted octanol–water partition coefficient (Wildman–Crippen LogP) is -4.37. The van der Waals surface area contributed by atoms with Crippen LogP contribution in [0.1, 0.15) is 6.42 Å². The molecule has 7 N–H and O–H groups in total. The molecule has 2 aliphatic rings. The third-order valence-corrected chi connectivity index (χ3v) is 3.95. The largest absolute Gasteiger partial charge is 0.394 e. The lowest BCUT2D eigenvalue weighted by Gasteiger charge is -2.37. The second-order valence-electron chi connectivity index (χ2n) is 5.48. The van der Waals surface area contributed by atoms with E-state index in [0.717, 1.165) is 0 Å². The number of rotatable bonds is 5. The van der Waals surface area contributed by atoms with Gasteiger partial charge in [-0.05, 0) is 0 Å². The topological polar surface area (TPSA) is 169 Å². The Morgan fingerprint density at radius 1 is 1.00 bits per heavy atom. The Hall–Kier alpha value is -0.400. The average molecular weight is 326 g/mol. The molecule has 130 valence electrons. The number of hydrogen-bond acceptors (Lipinski definition) is 10. The second kappa shape index (κ2) is 7.01. The first-order valence-electron chi connectivity index (χ1n) is 6.94. The van der Waals surface area contributed by atoms with Gasteiger partial charge in [-0.2, -0.15) is 0 Å². The Labute approximate surface area is 126 Å². The lowest BCUT2D eigenvalue weighted by atomic mass is 10.0. The number of aliphatic hydroxyl groups is 7. The summed E-state index contributed by atoms with van der Waals surface area (Å²) in [5, 5.41) is 66.8. The van der Waals surface area contributed by atoms with Crippen molar-refractivity contribution < 1.29 is 50.0 Å². The Bertz CT molecular complexity index is 368. The Morgan fingerprint density at radius 2 is 1.68 bits per heavy atom. The van der Waals surface area contributed by atoms with Crippen LogP contribution in [0.2, 0.25) is 0 Å². The quantitative estimate of drug-likeness (QED) is 0.262. The van der Waals surface area contributed by atoms with Crippen LogP contribution in [0.4, 0.5) is 0 Å². The van der Waals surface area contributed by atoms with Gasteiger partial charge in [-0.25, -0.2) is 0 Å². The van der Waals surface area contributed by atoms with Gasteiger partial charge in [0.05, 0.1) is 19.3 Å². The van der Waals surface area contributed by atoms with E-state index in [4.69, 9.17) is 19.3 Å². The summed E-state index contributed by atoms with van der Waals surface area (Å²) >= 11 is 0. The molecule has 2 saturated heterocycles. The summed E-state index contributed by atoms with van der Waals surface area (Å²) in [5.41, 5.74) is 0. The van der Waals surface area contributed by atoms with Crippen molar-refractivity contribution in [2.75, 3.05) is 19.8 Å². The van der Waals surface area contributed by atoms with Crippen molar-refractivity contribution in [1.29, 1.82) is 0 Å². The third kappa shape index (κ3) is 3.26. The molecule has 2 heterocycles. The Kier molecular flexibility index (Phi) is 5.72. The third-order valence-electron chi connectivity index (χ3n) is 3.95. The molecule has 0 radical (unpaired) electrons. The minimum atomic E-state index is -2.00. The van der Waals surface area contributed by atoms with Crippen LogP contribution in [0, 0.1) is 0 Å². The van der Waals surface area contributed by atoms with Gasteiger partial charge in [-0.15, -0.1) is 0 Å². The van der Waals surface area contributed by atoms with E-state index in [-0.39, 0.29) is 6.42 Å². The zero-order chi connectivity index (χ0) is 16.5. The first kappa shape index (κ1) is 17.9. The molecule has 0 saturated carbocycles. The summed E-state index contributed by atoms with van der Waals surface area (Å²) in [6.07, 6.45) is -9.37. The molecular weight excluding hydrogens is 304 g/mol. The highest BCUT2D eigenvalue weighted by molar-refractivity contribution is 4.97. The van der Waals surface area contributed by atoms with Crippen molar-refractivity contribution in [1.82, 2.24) is 0 Å². The average Bonchev–Trinajstić information content (AvgIpc) is 2.74. The Morgan fingerprint density at radius 3 is 2.23 bits per heavy atom. The summed E-state index contributed by atoms with van der Waals surface area (Å²) in [5.74, 6) is -2.00. The standard InChI is InChI=1S/C12H22O10/c13-2-6-10(18)11(19)12(4-14,22-6)20-3-7-9(17)5(15)1-8(16)21-7/h5-11,13-19H,1-4H2. The number of hydrogen-bond donors (Lipinski definition) is 7. The molecule has 8 unspecified atom stereocenters. The second-order valence-corrected chi connectivity index (χ2v) is 5.48. The SMILES string of the molecule is OCC1OC(CO)(OCC2OC(O)CC(O)C2O)C(O)C1O.